The summed E-state index contributed by atoms with van der Waals surface area (Å²) in [6.07, 6.45) is 5.83. The minimum absolute atomic E-state index is 0.144. The Morgan fingerprint density at radius 3 is 2.80 bits per heavy atom. The SMILES string of the molecule is CCCNC(Cc1cnn(C)c1)c1cccc(Cl)c1Cl. The van der Waals surface area contributed by atoms with Crippen LogP contribution in [-0.2, 0) is 13.5 Å². The molecule has 0 amide bonds. The van der Waals surface area contributed by atoms with Gasteiger partial charge in [0, 0.05) is 19.3 Å². The quantitative estimate of drug-likeness (QED) is 0.873. The summed E-state index contributed by atoms with van der Waals surface area (Å²) in [6, 6.07) is 5.92. The maximum absolute atomic E-state index is 6.35. The molecule has 1 N–H and O–H groups in total. The Hall–Kier alpha value is -1.03. The molecule has 0 aliphatic heterocycles. The zero-order chi connectivity index (χ0) is 14.5. The van der Waals surface area contributed by atoms with E-state index in [0.717, 1.165) is 24.9 Å². The van der Waals surface area contributed by atoms with Crippen molar-refractivity contribution in [3.05, 3.63) is 51.8 Å². The number of rotatable bonds is 6. The van der Waals surface area contributed by atoms with Crippen LogP contribution in [0.2, 0.25) is 10.0 Å². The van der Waals surface area contributed by atoms with Gasteiger partial charge in [-0.1, -0.05) is 42.3 Å². The van der Waals surface area contributed by atoms with Crippen molar-refractivity contribution in [1.82, 2.24) is 15.1 Å². The van der Waals surface area contributed by atoms with Crippen molar-refractivity contribution in [2.24, 2.45) is 7.05 Å². The van der Waals surface area contributed by atoms with Gasteiger partial charge >= 0.3 is 0 Å². The Bertz CT molecular complexity index is 566. The second-order valence-electron chi connectivity index (χ2n) is 4.88. The zero-order valence-electron chi connectivity index (χ0n) is 11.7. The van der Waals surface area contributed by atoms with Gasteiger partial charge in [-0.2, -0.15) is 5.10 Å². The summed E-state index contributed by atoms with van der Waals surface area (Å²) in [5.41, 5.74) is 2.22. The third kappa shape index (κ3) is 3.75. The highest BCUT2D eigenvalue weighted by Gasteiger charge is 2.17. The van der Waals surface area contributed by atoms with E-state index < -0.39 is 0 Å². The van der Waals surface area contributed by atoms with Gasteiger partial charge in [-0.05, 0) is 36.6 Å². The molecule has 0 saturated carbocycles. The van der Waals surface area contributed by atoms with Crippen LogP contribution in [0, 0.1) is 0 Å². The van der Waals surface area contributed by atoms with Crippen LogP contribution in [0.3, 0.4) is 0 Å². The van der Waals surface area contributed by atoms with E-state index >= 15 is 0 Å². The van der Waals surface area contributed by atoms with Crippen molar-refractivity contribution < 1.29 is 0 Å². The average Bonchev–Trinajstić information content (AvgIpc) is 2.83. The summed E-state index contributed by atoms with van der Waals surface area (Å²) in [5, 5.41) is 8.97. The summed E-state index contributed by atoms with van der Waals surface area (Å²) < 4.78 is 1.81. The lowest BCUT2D eigenvalue weighted by molar-refractivity contribution is 0.529. The van der Waals surface area contributed by atoms with Gasteiger partial charge in [0.25, 0.3) is 0 Å². The minimum atomic E-state index is 0.144. The molecule has 20 heavy (non-hydrogen) atoms. The van der Waals surface area contributed by atoms with Gasteiger partial charge < -0.3 is 5.32 Å². The molecule has 2 rings (SSSR count). The van der Waals surface area contributed by atoms with Crippen molar-refractivity contribution in [2.75, 3.05) is 6.54 Å². The number of halogens is 2. The summed E-state index contributed by atoms with van der Waals surface area (Å²) >= 11 is 12.5. The monoisotopic (exact) mass is 311 g/mol. The van der Waals surface area contributed by atoms with Crippen LogP contribution in [0.5, 0.6) is 0 Å². The van der Waals surface area contributed by atoms with Crippen molar-refractivity contribution in [1.29, 1.82) is 0 Å². The van der Waals surface area contributed by atoms with Crippen LogP contribution >= 0.6 is 23.2 Å². The number of nitrogens with one attached hydrogen (secondary N) is 1. The fraction of sp³-hybridized carbons (Fsp3) is 0.400. The highest BCUT2D eigenvalue weighted by molar-refractivity contribution is 6.42. The Balaban J connectivity index is 2.24. The zero-order valence-corrected chi connectivity index (χ0v) is 13.2. The minimum Gasteiger partial charge on any atom is -0.310 e. The molecule has 0 saturated heterocycles. The Labute approximate surface area is 129 Å². The number of aromatic nitrogens is 2. The molecule has 1 aromatic carbocycles. The Kier molecular flexibility index (Phi) is 5.46. The van der Waals surface area contributed by atoms with E-state index in [1.54, 1.807) is 0 Å². The van der Waals surface area contributed by atoms with Crippen LogP contribution in [0.4, 0.5) is 0 Å². The molecule has 1 atom stereocenters. The van der Waals surface area contributed by atoms with Crippen molar-refractivity contribution in [3.8, 4) is 0 Å². The number of hydrogen-bond acceptors (Lipinski definition) is 2. The van der Waals surface area contributed by atoms with Crippen LogP contribution in [0.15, 0.2) is 30.6 Å². The third-order valence-electron chi connectivity index (χ3n) is 3.20. The molecule has 0 spiro atoms. The lowest BCUT2D eigenvalue weighted by Crippen LogP contribution is -2.24. The second-order valence-corrected chi connectivity index (χ2v) is 5.66. The Morgan fingerprint density at radius 2 is 2.15 bits per heavy atom. The molecular formula is C15H19Cl2N3. The summed E-state index contributed by atoms with van der Waals surface area (Å²) in [5.74, 6) is 0. The molecule has 2 aromatic rings. The number of hydrogen-bond donors (Lipinski definition) is 1. The molecule has 108 valence electrons. The standard InChI is InChI=1S/C15H19Cl2N3/c1-3-7-18-14(8-11-9-19-20(2)10-11)12-5-4-6-13(16)15(12)17/h4-6,9-10,14,18H,3,7-8H2,1-2H3. The van der Waals surface area contributed by atoms with E-state index in [2.05, 4.69) is 17.3 Å². The van der Waals surface area contributed by atoms with Gasteiger partial charge in [-0.25, -0.2) is 0 Å². The molecule has 0 aliphatic carbocycles. The van der Waals surface area contributed by atoms with Crippen LogP contribution in [-0.4, -0.2) is 16.3 Å². The van der Waals surface area contributed by atoms with E-state index in [1.807, 2.05) is 42.3 Å². The molecule has 0 bridgehead atoms. The van der Waals surface area contributed by atoms with Crippen molar-refractivity contribution in [3.63, 3.8) is 0 Å². The summed E-state index contributed by atoms with van der Waals surface area (Å²) in [6.45, 7) is 3.08. The van der Waals surface area contributed by atoms with E-state index in [0.29, 0.717) is 10.0 Å². The van der Waals surface area contributed by atoms with Crippen molar-refractivity contribution in [2.45, 2.75) is 25.8 Å². The summed E-state index contributed by atoms with van der Waals surface area (Å²) in [4.78, 5) is 0. The highest BCUT2D eigenvalue weighted by Crippen LogP contribution is 2.31. The van der Waals surface area contributed by atoms with Crippen LogP contribution < -0.4 is 5.32 Å². The molecule has 0 aliphatic rings. The van der Waals surface area contributed by atoms with E-state index in [1.165, 1.54) is 5.56 Å². The maximum atomic E-state index is 6.35. The molecule has 5 heteroatoms. The first-order chi connectivity index (χ1) is 9.61. The topological polar surface area (TPSA) is 29.9 Å². The lowest BCUT2D eigenvalue weighted by Gasteiger charge is -2.20. The van der Waals surface area contributed by atoms with Crippen molar-refractivity contribution >= 4 is 23.2 Å². The molecule has 3 nitrogen and oxygen atoms in total. The van der Waals surface area contributed by atoms with Crippen LogP contribution in [0.25, 0.3) is 0 Å². The third-order valence-corrected chi connectivity index (χ3v) is 4.03. The van der Waals surface area contributed by atoms with Gasteiger partial charge in [-0.15, -0.1) is 0 Å². The highest BCUT2D eigenvalue weighted by atomic mass is 35.5. The van der Waals surface area contributed by atoms with E-state index in [9.17, 15) is 0 Å². The van der Waals surface area contributed by atoms with Gasteiger partial charge in [0.2, 0.25) is 0 Å². The smallest absolute Gasteiger partial charge is 0.0640 e. The van der Waals surface area contributed by atoms with E-state index in [-0.39, 0.29) is 6.04 Å². The molecule has 1 heterocycles. The molecule has 1 aromatic heterocycles. The number of nitrogens with zero attached hydrogens (tertiary/aromatic N) is 2. The average molecular weight is 312 g/mol. The number of benzene rings is 1. The summed E-state index contributed by atoms with van der Waals surface area (Å²) in [7, 11) is 1.92. The van der Waals surface area contributed by atoms with Gasteiger partial charge in [-0.3, -0.25) is 4.68 Å². The van der Waals surface area contributed by atoms with E-state index in [4.69, 9.17) is 23.2 Å². The van der Waals surface area contributed by atoms with Gasteiger partial charge in [0.15, 0.2) is 0 Å². The first-order valence-corrected chi connectivity index (χ1v) is 7.52. The molecule has 0 radical (unpaired) electrons. The molecule has 1 unspecified atom stereocenters. The predicted octanol–water partition coefficient (Wildman–Crippen LogP) is 4.01. The van der Waals surface area contributed by atoms with Crippen LogP contribution in [0.1, 0.15) is 30.5 Å². The fourth-order valence-electron chi connectivity index (χ4n) is 2.21. The maximum Gasteiger partial charge on any atom is 0.0640 e. The van der Waals surface area contributed by atoms with Gasteiger partial charge in [0.05, 0.1) is 16.2 Å². The fourth-order valence-corrected chi connectivity index (χ4v) is 2.65. The lowest BCUT2D eigenvalue weighted by atomic mass is 10.0. The number of aryl methyl sites for hydroxylation is 1. The molecule has 0 fully saturated rings. The first kappa shape index (κ1) is 15.4. The largest absolute Gasteiger partial charge is 0.310 e. The Morgan fingerprint density at radius 1 is 1.35 bits per heavy atom. The predicted molar refractivity (Wildman–Crippen MR) is 84.4 cm³/mol. The second kappa shape index (κ2) is 7.11. The van der Waals surface area contributed by atoms with Gasteiger partial charge in [0.1, 0.15) is 0 Å². The first-order valence-electron chi connectivity index (χ1n) is 6.76. The molecular weight excluding hydrogens is 293 g/mol. The normalized spacial score (nSPS) is 12.6.